The van der Waals surface area contributed by atoms with Gasteiger partial charge in [-0.05, 0) is 13.0 Å². The van der Waals surface area contributed by atoms with E-state index in [9.17, 15) is 0 Å². The number of nitrogens with zero attached hydrogens (tertiary/aromatic N) is 2. The topological polar surface area (TPSA) is 58.3 Å². The maximum absolute atomic E-state index is 8.95. The van der Waals surface area contributed by atoms with Crippen LogP contribution in [-0.4, -0.2) is 33.5 Å². The third-order valence-corrected chi connectivity index (χ3v) is 1.24. The number of hydrogen-bond donors (Lipinski definition) is 2. The monoisotopic (exact) mass is 153 g/mol. The van der Waals surface area contributed by atoms with Gasteiger partial charge in [0, 0.05) is 6.20 Å². The molecule has 5 heteroatoms. The van der Waals surface area contributed by atoms with E-state index in [1.807, 2.05) is 0 Å². The van der Waals surface area contributed by atoms with Gasteiger partial charge < -0.3 is 10.1 Å². The van der Waals surface area contributed by atoms with Crippen LogP contribution < -0.4 is 5.59 Å². The maximum Gasteiger partial charge on any atom is 0.350 e. The van der Waals surface area contributed by atoms with E-state index in [-0.39, 0.29) is 0 Å². The lowest BCUT2D eigenvalue weighted by atomic mass is 9.97. The van der Waals surface area contributed by atoms with Crippen LogP contribution in [0.3, 0.4) is 0 Å². The van der Waals surface area contributed by atoms with Gasteiger partial charge in [-0.25, -0.2) is 0 Å². The minimum absolute atomic E-state index is 0.415. The zero-order chi connectivity index (χ0) is 8.27. The summed E-state index contributed by atoms with van der Waals surface area (Å²) in [4.78, 5) is 0. The van der Waals surface area contributed by atoms with Crippen LogP contribution in [0.2, 0.25) is 0 Å². The molecule has 0 bridgehead atoms. The number of aliphatic hydroxyl groups excluding tert-OH is 1. The predicted molar refractivity (Wildman–Crippen MR) is 41.5 cm³/mol. The minimum atomic E-state index is -0.415. The van der Waals surface area contributed by atoms with Gasteiger partial charge in [0.25, 0.3) is 0 Å². The molecule has 0 saturated carbocycles. The summed E-state index contributed by atoms with van der Waals surface area (Å²) in [6.07, 6.45) is 1.29. The molecule has 0 aliphatic rings. The molecule has 1 heterocycles. The molecule has 0 unspecified atom stereocenters. The molecular weight excluding hydrogens is 143 g/mol. The molecule has 0 aliphatic carbocycles. The molecule has 11 heavy (non-hydrogen) atoms. The summed E-state index contributed by atoms with van der Waals surface area (Å²) < 4.78 is 1.58. The van der Waals surface area contributed by atoms with Crippen LogP contribution in [0.1, 0.15) is 6.92 Å². The number of aliphatic hydroxyl groups is 1. The van der Waals surface area contributed by atoms with Crippen molar-refractivity contribution in [3.8, 4) is 0 Å². The summed E-state index contributed by atoms with van der Waals surface area (Å²) in [5.41, 5.74) is 0.505. The highest BCUT2D eigenvalue weighted by atomic mass is 16.3. The Hall–Kier alpha value is -0.805. The second-order valence-corrected chi connectivity index (χ2v) is 2.44. The summed E-state index contributed by atoms with van der Waals surface area (Å²) in [6, 6.07) is 1.67. The molecule has 0 saturated heterocycles. The van der Waals surface area contributed by atoms with Gasteiger partial charge in [0.15, 0.2) is 0 Å². The molecule has 0 aliphatic heterocycles. The third kappa shape index (κ3) is 2.36. The first-order chi connectivity index (χ1) is 5.22. The molecule has 0 aromatic carbocycles. The SMILES string of the molecule is C[C@H](O)Cn1ccc([B]O)n1. The Bertz CT molecular complexity index is 224. The van der Waals surface area contributed by atoms with Crippen LogP contribution in [0.25, 0.3) is 0 Å². The van der Waals surface area contributed by atoms with Crippen molar-refractivity contribution < 1.29 is 10.1 Å². The van der Waals surface area contributed by atoms with E-state index in [4.69, 9.17) is 10.1 Å². The zero-order valence-corrected chi connectivity index (χ0v) is 6.31. The van der Waals surface area contributed by atoms with Gasteiger partial charge in [-0.3, -0.25) is 4.68 Å². The first kappa shape index (κ1) is 8.29. The molecule has 0 amide bonds. The maximum atomic E-state index is 8.95. The summed E-state index contributed by atoms with van der Waals surface area (Å²) in [7, 11) is 0.929. The Morgan fingerprint density at radius 3 is 3.00 bits per heavy atom. The Morgan fingerprint density at radius 2 is 2.55 bits per heavy atom. The summed E-state index contributed by atoms with van der Waals surface area (Å²) in [6.45, 7) is 2.14. The van der Waals surface area contributed by atoms with Gasteiger partial charge in [0.05, 0.1) is 18.2 Å². The molecule has 59 valence electrons. The molecule has 1 aromatic heterocycles. The molecule has 0 spiro atoms. The smallest absolute Gasteiger partial charge is 0.350 e. The van der Waals surface area contributed by atoms with Crippen LogP contribution in [0, 0.1) is 0 Å². The summed E-state index contributed by atoms with van der Waals surface area (Å²) in [5.74, 6) is 0. The molecule has 1 atom stereocenters. The third-order valence-electron chi connectivity index (χ3n) is 1.24. The molecule has 1 aromatic rings. The van der Waals surface area contributed by atoms with E-state index in [2.05, 4.69) is 5.10 Å². The first-order valence-corrected chi connectivity index (χ1v) is 3.41. The van der Waals surface area contributed by atoms with Crippen LogP contribution in [0.4, 0.5) is 0 Å². The van der Waals surface area contributed by atoms with Crippen molar-refractivity contribution >= 4 is 13.1 Å². The second kappa shape index (κ2) is 3.55. The fourth-order valence-electron chi connectivity index (χ4n) is 0.819. The van der Waals surface area contributed by atoms with Crippen molar-refractivity contribution in [1.29, 1.82) is 0 Å². The average molecular weight is 153 g/mol. The molecule has 1 radical (unpaired) electrons. The predicted octanol–water partition coefficient (Wildman–Crippen LogP) is -1.50. The molecule has 1 rings (SSSR count). The van der Waals surface area contributed by atoms with Crippen LogP contribution >= 0.6 is 0 Å². The number of hydrogen-bond acceptors (Lipinski definition) is 3. The lowest BCUT2D eigenvalue weighted by Crippen LogP contribution is -2.19. The van der Waals surface area contributed by atoms with Crippen molar-refractivity contribution in [3.63, 3.8) is 0 Å². The van der Waals surface area contributed by atoms with E-state index >= 15 is 0 Å². The van der Waals surface area contributed by atoms with Gasteiger partial charge in [-0.1, -0.05) is 0 Å². The quantitative estimate of drug-likeness (QED) is 0.519. The Balaban J connectivity index is 2.58. The Morgan fingerprint density at radius 1 is 1.82 bits per heavy atom. The highest BCUT2D eigenvalue weighted by Gasteiger charge is 2.01. The summed E-state index contributed by atoms with van der Waals surface area (Å²) in [5, 5.41) is 21.4. The highest BCUT2D eigenvalue weighted by molar-refractivity contribution is 6.44. The highest BCUT2D eigenvalue weighted by Crippen LogP contribution is 1.87. The van der Waals surface area contributed by atoms with Crippen molar-refractivity contribution in [1.82, 2.24) is 9.78 Å². The normalized spacial score (nSPS) is 13.0. The van der Waals surface area contributed by atoms with Crippen molar-refractivity contribution in [2.24, 2.45) is 0 Å². The van der Waals surface area contributed by atoms with E-state index in [1.165, 1.54) is 0 Å². The lowest BCUT2D eigenvalue weighted by molar-refractivity contribution is 0.168. The van der Waals surface area contributed by atoms with Crippen LogP contribution in [-0.2, 0) is 6.54 Å². The van der Waals surface area contributed by atoms with Crippen LogP contribution in [0.5, 0.6) is 0 Å². The van der Waals surface area contributed by atoms with Gasteiger partial charge in [-0.15, -0.1) is 0 Å². The Kier molecular flexibility index (Phi) is 2.67. The van der Waals surface area contributed by atoms with E-state index in [1.54, 1.807) is 23.9 Å². The molecule has 4 nitrogen and oxygen atoms in total. The number of aromatic nitrogens is 2. The Labute approximate surface area is 65.7 Å². The first-order valence-electron chi connectivity index (χ1n) is 3.41. The van der Waals surface area contributed by atoms with Crippen molar-refractivity contribution in [3.05, 3.63) is 12.3 Å². The van der Waals surface area contributed by atoms with Crippen molar-refractivity contribution in [2.45, 2.75) is 19.6 Å². The second-order valence-electron chi connectivity index (χ2n) is 2.44. The van der Waals surface area contributed by atoms with Gasteiger partial charge >= 0.3 is 7.48 Å². The van der Waals surface area contributed by atoms with E-state index in [0.29, 0.717) is 12.1 Å². The standard InChI is InChI=1S/C6H10BN2O2/c1-5(10)4-9-3-2-6(7-11)8-9/h2-3,5,10-11H,4H2,1H3/t5-/m0/s1. The van der Waals surface area contributed by atoms with Gasteiger partial charge in [0.1, 0.15) is 0 Å². The molecule has 2 N–H and O–H groups in total. The zero-order valence-electron chi connectivity index (χ0n) is 6.31. The number of rotatable bonds is 3. The fourth-order valence-corrected chi connectivity index (χ4v) is 0.819. The van der Waals surface area contributed by atoms with Crippen LogP contribution in [0.15, 0.2) is 12.3 Å². The molecular formula is C6H10BN2O2. The van der Waals surface area contributed by atoms with E-state index < -0.39 is 6.10 Å². The molecule has 0 fully saturated rings. The summed E-state index contributed by atoms with van der Waals surface area (Å²) >= 11 is 0. The fraction of sp³-hybridized carbons (Fsp3) is 0.500. The van der Waals surface area contributed by atoms with E-state index in [0.717, 1.165) is 7.48 Å². The van der Waals surface area contributed by atoms with Crippen molar-refractivity contribution in [2.75, 3.05) is 0 Å². The van der Waals surface area contributed by atoms with Gasteiger partial charge in [0.2, 0.25) is 0 Å². The lowest BCUT2D eigenvalue weighted by Gasteiger charge is -2.02. The largest absolute Gasteiger partial charge is 0.449 e. The minimum Gasteiger partial charge on any atom is -0.449 e. The average Bonchev–Trinajstić information content (AvgIpc) is 2.34. The van der Waals surface area contributed by atoms with Gasteiger partial charge in [-0.2, -0.15) is 5.10 Å².